The highest BCUT2D eigenvalue weighted by atomic mass is 79.9. The fourth-order valence-corrected chi connectivity index (χ4v) is 5.18. The number of hydrogen-bond donors (Lipinski definition) is 1. The number of thiophene rings is 1. The van der Waals surface area contributed by atoms with Crippen molar-refractivity contribution < 1.29 is 0 Å². The van der Waals surface area contributed by atoms with E-state index in [2.05, 4.69) is 55.0 Å². The fourth-order valence-electron chi connectivity index (χ4n) is 1.83. The summed E-state index contributed by atoms with van der Waals surface area (Å²) in [5.41, 5.74) is 0. The van der Waals surface area contributed by atoms with E-state index < -0.39 is 0 Å². The van der Waals surface area contributed by atoms with Gasteiger partial charge >= 0.3 is 0 Å². The lowest BCUT2D eigenvalue weighted by Crippen LogP contribution is -2.25. The van der Waals surface area contributed by atoms with Crippen molar-refractivity contribution in [2.75, 3.05) is 18.1 Å². The van der Waals surface area contributed by atoms with E-state index in [1.54, 1.807) is 11.3 Å². The van der Waals surface area contributed by atoms with E-state index in [0.29, 0.717) is 0 Å². The van der Waals surface area contributed by atoms with Crippen LogP contribution in [0.2, 0.25) is 0 Å². The van der Waals surface area contributed by atoms with Crippen LogP contribution in [0.5, 0.6) is 0 Å². The highest BCUT2D eigenvalue weighted by molar-refractivity contribution is 9.13. The maximum Gasteiger partial charge on any atom is 0.0843 e. The quantitative estimate of drug-likeness (QED) is 0.819. The Bertz CT molecular complexity index is 315. The van der Waals surface area contributed by atoms with E-state index >= 15 is 0 Å². The third-order valence-corrected chi connectivity index (χ3v) is 7.07. The Hall–Kier alpha value is 0.970. The van der Waals surface area contributed by atoms with Gasteiger partial charge in [0.05, 0.1) is 3.79 Å². The fraction of sp³-hybridized carbons (Fsp3) is 0.636. The van der Waals surface area contributed by atoms with Gasteiger partial charge in [-0.2, -0.15) is 11.8 Å². The van der Waals surface area contributed by atoms with Gasteiger partial charge in [0.25, 0.3) is 0 Å². The van der Waals surface area contributed by atoms with Crippen molar-refractivity contribution >= 4 is 55.0 Å². The molecule has 0 saturated carbocycles. The number of thioether (sulfide) groups is 1. The molecule has 0 bridgehead atoms. The van der Waals surface area contributed by atoms with Gasteiger partial charge in [0.15, 0.2) is 0 Å². The number of halogens is 2. The van der Waals surface area contributed by atoms with E-state index in [0.717, 1.165) is 12.5 Å². The first-order valence-corrected chi connectivity index (χ1v) is 9.03. The zero-order valence-corrected chi connectivity index (χ0v) is 13.8. The van der Waals surface area contributed by atoms with E-state index in [1.807, 2.05) is 0 Å². The second-order valence-electron chi connectivity index (χ2n) is 4.02. The smallest absolute Gasteiger partial charge is 0.0843 e. The first-order valence-electron chi connectivity index (χ1n) is 5.48. The summed E-state index contributed by atoms with van der Waals surface area (Å²) in [5.74, 6) is 3.60. The molecule has 0 aliphatic carbocycles. The highest BCUT2D eigenvalue weighted by Crippen LogP contribution is 2.32. The third-order valence-electron chi connectivity index (χ3n) is 2.77. The van der Waals surface area contributed by atoms with Crippen LogP contribution in [0.3, 0.4) is 0 Å². The molecule has 16 heavy (non-hydrogen) atoms. The summed E-state index contributed by atoms with van der Waals surface area (Å²) in [5, 5.41) is 3.57. The van der Waals surface area contributed by atoms with Crippen molar-refractivity contribution in [2.24, 2.45) is 5.92 Å². The molecule has 1 nitrogen and oxygen atoms in total. The van der Waals surface area contributed by atoms with Crippen molar-refractivity contribution in [3.8, 4) is 0 Å². The Labute approximate surface area is 122 Å². The van der Waals surface area contributed by atoms with Crippen molar-refractivity contribution in [1.82, 2.24) is 5.32 Å². The van der Waals surface area contributed by atoms with Crippen LogP contribution in [0.4, 0.5) is 0 Å². The molecule has 1 saturated heterocycles. The van der Waals surface area contributed by atoms with Gasteiger partial charge in [-0.25, -0.2) is 0 Å². The molecule has 90 valence electrons. The number of rotatable bonds is 4. The molecule has 1 aliphatic heterocycles. The Kier molecular flexibility index (Phi) is 5.68. The van der Waals surface area contributed by atoms with Crippen molar-refractivity contribution in [3.63, 3.8) is 0 Å². The minimum absolute atomic E-state index is 0.896. The molecular weight excluding hydrogens is 370 g/mol. The van der Waals surface area contributed by atoms with Gasteiger partial charge in [-0.1, -0.05) is 0 Å². The maximum absolute atomic E-state index is 3.57. The Morgan fingerprint density at radius 1 is 1.31 bits per heavy atom. The molecule has 1 aromatic rings. The van der Waals surface area contributed by atoms with E-state index in [-0.39, 0.29) is 0 Å². The summed E-state index contributed by atoms with van der Waals surface area (Å²) in [4.78, 5) is 1.39. The number of hydrogen-bond acceptors (Lipinski definition) is 3. The summed E-state index contributed by atoms with van der Waals surface area (Å²) in [6.45, 7) is 2.17. The molecule has 0 radical (unpaired) electrons. The minimum atomic E-state index is 0.896. The maximum atomic E-state index is 3.57. The normalized spacial score (nSPS) is 17.9. The Morgan fingerprint density at radius 2 is 2.06 bits per heavy atom. The van der Waals surface area contributed by atoms with Gasteiger partial charge < -0.3 is 5.32 Å². The summed E-state index contributed by atoms with van der Waals surface area (Å²) >= 11 is 10.9. The highest BCUT2D eigenvalue weighted by Gasteiger charge is 2.13. The summed E-state index contributed by atoms with van der Waals surface area (Å²) < 4.78 is 2.36. The van der Waals surface area contributed by atoms with Gasteiger partial charge in [-0.05, 0) is 74.7 Å². The van der Waals surface area contributed by atoms with Crippen LogP contribution in [0.15, 0.2) is 14.3 Å². The van der Waals surface area contributed by atoms with Crippen LogP contribution in [-0.2, 0) is 6.54 Å². The van der Waals surface area contributed by atoms with Crippen LogP contribution in [0.25, 0.3) is 0 Å². The average Bonchev–Trinajstić information content (AvgIpc) is 2.60. The van der Waals surface area contributed by atoms with Crippen LogP contribution >= 0.6 is 55.0 Å². The summed E-state index contributed by atoms with van der Waals surface area (Å²) in [6, 6.07) is 2.19. The first kappa shape index (κ1) is 13.4. The van der Waals surface area contributed by atoms with Crippen molar-refractivity contribution in [2.45, 2.75) is 19.4 Å². The van der Waals surface area contributed by atoms with E-state index in [1.165, 1.54) is 44.0 Å². The molecule has 5 heteroatoms. The molecule has 0 atom stereocenters. The lowest BCUT2D eigenvalue weighted by molar-refractivity contribution is 0.448. The molecule has 1 aromatic heterocycles. The molecule has 0 aromatic carbocycles. The lowest BCUT2D eigenvalue weighted by Gasteiger charge is -2.21. The lowest BCUT2D eigenvalue weighted by atomic mass is 10.0. The Balaban J connectivity index is 1.71. The molecule has 1 aliphatic rings. The van der Waals surface area contributed by atoms with Gasteiger partial charge in [0.2, 0.25) is 0 Å². The zero-order chi connectivity index (χ0) is 11.4. The van der Waals surface area contributed by atoms with Crippen LogP contribution < -0.4 is 5.32 Å². The second-order valence-corrected chi connectivity index (χ2v) is 8.55. The standard InChI is InChI=1S/C11H15Br2NS2/c12-10-5-9(16-11(10)13)7-14-6-8-1-3-15-4-2-8/h5,8,14H,1-4,6-7H2. The molecule has 1 N–H and O–H groups in total. The SMILES string of the molecule is Brc1cc(CNCC2CCSCC2)sc1Br. The minimum Gasteiger partial charge on any atom is -0.312 e. The predicted molar refractivity (Wildman–Crippen MR) is 81.5 cm³/mol. The summed E-state index contributed by atoms with van der Waals surface area (Å²) in [7, 11) is 0. The molecule has 0 amide bonds. The van der Waals surface area contributed by atoms with Gasteiger partial charge in [-0.15, -0.1) is 11.3 Å². The van der Waals surface area contributed by atoms with Gasteiger partial charge in [0.1, 0.15) is 0 Å². The Morgan fingerprint density at radius 3 is 2.69 bits per heavy atom. The third kappa shape index (κ3) is 4.02. The van der Waals surface area contributed by atoms with Crippen LogP contribution in [0, 0.1) is 5.92 Å². The molecule has 0 spiro atoms. The van der Waals surface area contributed by atoms with Gasteiger partial charge in [0, 0.05) is 15.9 Å². The predicted octanol–water partition coefficient (Wildman–Crippen LogP) is 4.51. The monoisotopic (exact) mass is 383 g/mol. The molecule has 1 fully saturated rings. The first-order chi connectivity index (χ1) is 7.75. The van der Waals surface area contributed by atoms with Crippen LogP contribution in [0.1, 0.15) is 17.7 Å². The van der Waals surface area contributed by atoms with E-state index in [9.17, 15) is 0 Å². The van der Waals surface area contributed by atoms with E-state index in [4.69, 9.17) is 0 Å². The zero-order valence-electron chi connectivity index (χ0n) is 8.97. The molecule has 2 rings (SSSR count). The topological polar surface area (TPSA) is 12.0 Å². The van der Waals surface area contributed by atoms with Gasteiger partial charge in [-0.3, -0.25) is 0 Å². The van der Waals surface area contributed by atoms with Crippen molar-refractivity contribution in [1.29, 1.82) is 0 Å². The number of nitrogens with one attached hydrogen (secondary N) is 1. The molecule has 0 unspecified atom stereocenters. The second kappa shape index (κ2) is 6.78. The largest absolute Gasteiger partial charge is 0.312 e. The molecular formula is C11H15Br2NS2. The van der Waals surface area contributed by atoms with Crippen molar-refractivity contribution in [3.05, 3.63) is 19.2 Å². The summed E-state index contributed by atoms with van der Waals surface area (Å²) in [6.07, 6.45) is 2.77. The average molecular weight is 385 g/mol. The molecule has 2 heterocycles. The van der Waals surface area contributed by atoms with Crippen LogP contribution in [-0.4, -0.2) is 18.1 Å².